The summed E-state index contributed by atoms with van der Waals surface area (Å²) < 4.78 is 29.5. The number of hydrogen-bond donors (Lipinski definition) is 2. The highest BCUT2D eigenvalue weighted by molar-refractivity contribution is 5.92. The summed E-state index contributed by atoms with van der Waals surface area (Å²) >= 11 is 0. The van der Waals surface area contributed by atoms with Crippen LogP contribution in [0.5, 0.6) is 0 Å². The molecule has 3 aromatic rings. The second kappa shape index (κ2) is 11.5. The number of nitriles is 1. The Hall–Kier alpha value is -4.63. The van der Waals surface area contributed by atoms with E-state index in [2.05, 4.69) is 16.3 Å². The fourth-order valence-electron chi connectivity index (χ4n) is 5.12. The summed E-state index contributed by atoms with van der Waals surface area (Å²) in [6, 6.07) is 11.2. The summed E-state index contributed by atoms with van der Waals surface area (Å²) in [5.41, 5.74) is 0.716. The van der Waals surface area contributed by atoms with Crippen molar-refractivity contribution in [2.24, 2.45) is 0 Å². The van der Waals surface area contributed by atoms with Crippen molar-refractivity contribution in [2.45, 2.75) is 52.1 Å². The minimum atomic E-state index is -3.15. The summed E-state index contributed by atoms with van der Waals surface area (Å²) in [4.78, 5) is 40.7. The minimum Gasteiger partial charge on any atom is -0.478 e. The highest BCUT2D eigenvalue weighted by atomic mass is 19.3. The molecule has 0 saturated heterocycles. The average Bonchev–Trinajstić information content (AvgIpc) is 3.27. The van der Waals surface area contributed by atoms with Gasteiger partial charge in [-0.05, 0) is 69.3 Å². The van der Waals surface area contributed by atoms with Crippen molar-refractivity contribution < 1.29 is 23.5 Å². The molecule has 0 fully saturated rings. The van der Waals surface area contributed by atoms with Crippen LogP contribution in [0.1, 0.15) is 61.9 Å². The fourth-order valence-corrected chi connectivity index (χ4v) is 5.12. The van der Waals surface area contributed by atoms with Crippen molar-refractivity contribution in [3.8, 4) is 6.07 Å². The molecule has 214 valence electrons. The number of H-pyrrole nitrogens is 1. The molecule has 1 atom stereocenters. The molecule has 0 bridgehead atoms. The third kappa shape index (κ3) is 5.95. The Morgan fingerprint density at radius 2 is 1.98 bits per heavy atom. The number of carbonyl (C=O) groups is 2. The van der Waals surface area contributed by atoms with Gasteiger partial charge in [-0.2, -0.15) is 5.26 Å². The number of carboxylic acid groups (broad SMARTS) is 1. The minimum absolute atomic E-state index is 0.0317. The van der Waals surface area contributed by atoms with Gasteiger partial charge >= 0.3 is 11.7 Å². The molecule has 0 radical (unpaired) electrons. The normalized spacial score (nSPS) is 15.2. The number of nitrogens with zero attached hydrogens (tertiary/aromatic N) is 5. The molecule has 12 heteroatoms. The number of aromatic amines is 1. The zero-order valence-corrected chi connectivity index (χ0v) is 23.1. The number of halogens is 2. The molecule has 1 aromatic heterocycles. The number of aromatic nitrogens is 3. The van der Waals surface area contributed by atoms with Crippen LogP contribution in [0, 0.1) is 11.3 Å². The van der Waals surface area contributed by atoms with Gasteiger partial charge < -0.3 is 14.8 Å². The second-order valence-corrected chi connectivity index (χ2v) is 10.2. The second-order valence-electron chi connectivity index (χ2n) is 10.2. The van der Waals surface area contributed by atoms with E-state index in [4.69, 9.17) is 0 Å². The molecule has 2 N–H and O–H groups in total. The molecule has 0 aliphatic carbocycles. The first kappa shape index (κ1) is 29.4. The largest absolute Gasteiger partial charge is 0.478 e. The smallest absolute Gasteiger partial charge is 0.345 e. The van der Waals surface area contributed by atoms with Crippen LogP contribution in [0.2, 0.25) is 0 Å². The van der Waals surface area contributed by atoms with Gasteiger partial charge in [0.05, 0.1) is 17.2 Å². The first-order valence-electron chi connectivity index (χ1n) is 12.9. The van der Waals surface area contributed by atoms with E-state index in [0.717, 1.165) is 6.92 Å². The molecule has 2 aromatic carbocycles. The highest BCUT2D eigenvalue weighted by Gasteiger charge is 2.40. The van der Waals surface area contributed by atoms with E-state index in [9.17, 15) is 33.5 Å². The summed E-state index contributed by atoms with van der Waals surface area (Å²) in [5, 5.41) is 26.5. The lowest BCUT2D eigenvalue weighted by Gasteiger charge is -2.36. The van der Waals surface area contributed by atoms with Crippen LogP contribution in [0.4, 0.5) is 20.4 Å². The molecule has 2 heterocycles. The van der Waals surface area contributed by atoms with Crippen LogP contribution in [-0.2, 0) is 22.1 Å². The third-order valence-corrected chi connectivity index (χ3v) is 7.06. The van der Waals surface area contributed by atoms with Crippen molar-refractivity contribution in [3.63, 3.8) is 0 Å². The molecule has 0 amide bonds. The van der Waals surface area contributed by atoms with Crippen LogP contribution in [0.3, 0.4) is 0 Å². The third-order valence-electron chi connectivity index (χ3n) is 7.06. The molecular formula is C29H30F2N6O4. The number of alkyl halides is 2. The number of anilines is 2. The van der Waals surface area contributed by atoms with E-state index in [1.165, 1.54) is 47.6 Å². The van der Waals surface area contributed by atoms with Gasteiger partial charge in [0, 0.05) is 36.8 Å². The van der Waals surface area contributed by atoms with Crippen molar-refractivity contribution in [2.75, 3.05) is 18.5 Å². The predicted molar refractivity (Wildman–Crippen MR) is 147 cm³/mol. The van der Waals surface area contributed by atoms with Crippen LogP contribution >= 0.6 is 0 Å². The molecule has 0 unspecified atom stereocenters. The lowest BCUT2D eigenvalue weighted by Crippen LogP contribution is -2.38. The number of aliphatic carboxylic acids is 1. The summed E-state index contributed by atoms with van der Waals surface area (Å²) in [7, 11) is 1.84. The van der Waals surface area contributed by atoms with Crippen molar-refractivity contribution in [3.05, 3.63) is 86.5 Å². The molecule has 1 aliphatic rings. The topological polar surface area (TPSA) is 135 Å². The van der Waals surface area contributed by atoms with Crippen LogP contribution in [0.15, 0.2) is 58.5 Å². The van der Waals surface area contributed by atoms with E-state index in [1.807, 2.05) is 11.9 Å². The number of ketones is 1. The zero-order valence-electron chi connectivity index (χ0n) is 23.1. The SMILES string of the molecule is CC(=O)CCCN(C)Cc1cc(C#N)ccc1[C@@H]1C(C(=O)O)=C(C)N(c2cccc(C(C)(F)F)c2)c2n[nH]c(=O)n21. The number of Topliss-reactive ketones (excluding diaryl/α,β-unsaturated/α-hetero) is 1. The molecule has 4 rings (SSSR count). The van der Waals surface area contributed by atoms with Gasteiger partial charge in [0.25, 0.3) is 5.92 Å². The Labute approximate surface area is 235 Å². The van der Waals surface area contributed by atoms with Gasteiger partial charge in [-0.3, -0.25) is 4.90 Å². The number of rotatable bonds is 10. The Bertz CT molecular complexity index is 1630. The fraction of sp³-hybridized carbons (Fsp3) is 0.345. The van der Waals surface area contributed by atoms with E-state index in [-0.39, 0.29) is 34.3 Å². The summed E-state index contributed by atoms with van der Waals surface area (Å²) in [6.45, 7) is 4.70. The first-order chi connectivity index (χ1) is 19.3. The highest BCUT2D eigenvalue weighted by Crippen LogP contribution is 2.43. The Morgan fingerprint density at radius 3 is 2.61 bits per heavy atom. The van der Waals surface area contributed by atoms with Crippen molar-refractivity contribution >= 4 is 23.4 Å². The first-order valence-corrected chi connectivity index (χ1v) is 12.9. The van der Waals surface area contributed by atoms with Crippen molar-refractivity contribution in [1.29, 1.82) is 5.26 Å². The number of allylic oxidation sites excluding steroid dienone is 1. The van der Waals surface area contributed by atoms with Gasteiger partial charge in [-0.15, -0.1) is 5.10 Å². The maximum atomic E-state index is 14.2. The lowest BCUT2D eigenvalue weighted by molar-refractivity contribution is -0.133. The molecule has 41 heavy (non-hydrogen) atoms. The van der Waals surface area contributed by atoms with Gasteiger partial charge in [0.1, 0.15) is 11.8 Å². The molecular weight excluding hydrogens is 534 g/mol. The number of hydrogen-bond acceptors (Lipinski definition) is 7. The summed E-state index contributed by atoms with van der Waals surface area (Å²) in [5.74, 6) is -4.35. The van der Waals surface area contributed by atoms with Gasteiger partial charge in [-0.1, -0.05) is 18.2 Å². The van der Waals surface area contributed by atoms with Gasteiger partial charge in [-0.25, -0.2) is 28.0 Å². The number of carboxylic acids is 1. The van der Waals surface area contributed by atoms with E-state index >= 15 is 0 Å². The number of nitrogens with one attached hydrogen (secondary N) is 1. The number of fused-ring (bicyclic) bond motifs is 1. The predicted octanol–water partition coefficient (Wildman–Crippen LogP) is 4.46. The molecule has 1 aliphatic heterocycles. The van der Waals surface area contributed by atoms with Gasteiger partial charge in [0.2, 0.25) is 5.95 Å². The molecule has 0 spiro atoms. The maximum absolute atomic E-state index is 14.2. The zero-order chi connectivity index (χ0) is 30.1. The Kier molecular flexibility index (Phi) is 8.21. The van der Waals surface area contributed by atoms with E-state index in [0.29, 0.717) is 42.6 Å². The van der Waals surface area contributed by atoms with E-state index in [1.54, 1.807) is 18.2 Å². The standard InChI is InChI=1S/C29H30F2N6O4/c1-17(38)7-6-12-35(4)16-20-13-19(15-32)10-11-23(20)25-24(26(39)40)18(2)36(27-33-34-28(41)37(25)27)22-9-5-8-21(14-22)29(3,30)31/h5,8-11,13-14,25H,6-7,12,16H2,1-4H3,(H,34,41)(H,39,40)/t25-/m1/s1. The Balaban J connectivity index is 1.89. The monoisotopic (exact) mass is 564 g/mol. The van der Waals surface area contributed by atoms with Gasteiger partial charge in [0.15, 0.2) is 0 Å². The maximum Gasteiger partial charge on any atom is 0.345 e. The molecule has 10 nitrogen and oxygen atoms in total. The van der Waals surface area contributed by atoms with Crippen molar-refractivity contribution in [1.82, 2.24) is 19.7 Å². The summed E-state index contributed by atoms with van der Waals surface area (Å²) in [6.07, 6.45) is 1.04. The number of carbonyl (C=O) groups excluding carboxylic acids is 1. The van der Waals surface area contributed by atoms with Crippen LogP contribution < -0.4 is 10.6 Å². The number of benzene rings is 2. The average molecular weight is 565 g/mol. The van der Waals surface area contributed by atoms with E-state index < -0.39 is 23.6 Å². The Morgan fingerprint density at radius 1 is 1.24 bits per heavy atom. The quantitative estimate of drug-likeness (QED) is 0.369. The molecule has 0 saturated carbocycles. The van der Waals surface area contributed by atoms with Crippen LogP contribution in [-0.4, -0.2) is 50.1 Å². The lowest BCUT2D eigenvalue weighted by atomic mass is 9.90. The van der Waals surface area contributed by atoms with Crippen LogP contribution in [0.25, 0.3) is 0 Å².